The van der Waals surface area contributed by atoms with E-state index in [4.69, 9.17) is 4.74 Å². The van der Waals surface area contributed by atoms with Gasteiger partial charge >= 0.3 is 0 Å². The minimum atomic E-state index is 0.915. The van der Waals surface area contributed by atoms with Crippen molar-refractivity contribution in [3.8, 4) is 16.3 Å². The molecule has 0 saturated heterocycles. The Kier molecular flexibility index (Phi) is 2.27. The van der Waals surface area contributed by atoms with E-state index in [1.165, 1.54) is 0 Å². The Balaban J connectivity index is 2.47. The normalized spacial score (nSPS) is 9.92. The van der Waals surface area contributed by atoms with Gasteiger partial charge in [0.15, 0.2) is 5.06 Å². The quantitative estimate of drug-likeness (QED) is 0.728. The third-order valence-electron chi connectivity index (χ3n) is 1.76. The summed E-state index contributed by atoms with van der Waals surface area (Å²) in [5, 5.41) is 2.92. The molecule has 0 fully saturated rings. The number of hydrogen-bond acceptors (Lipinski definition) is 3. The third kappa shape index (κ3) is 1.55. The Morgan fingerprint density at radius 2 is 2.23 bits per heavy atom. The molecule has 0 amide bonds. The monoisotopic (exact) mass is 191 g/mol. The van der Waals surface area contributed by atoms with Crippen molar-refractivity contribution >= 4 is 11.3 Å². The first-order chi connectivity index (χ1) is 6.42. The second kappa shape index (κ2) is 3.58. The molecule has 2 heterocycles. The van der Waals surface area contributed by atoms with Crippen LogP contribution in [0.3, 0.4) is 0 Å². The highest BCUT2D eigenvalue weighted by atomic mass is 32.1. The molecule has 3 heteroatoms. The van der Waals surface area contributed by atoms with Crippen molar-refractivity contribution in [1.82, 2.24) is 4.98 Å². The second-order valence-electron chi connectivity index (χ2n) is 2.54. The van der Waals surface area contributed by atoms with Crippen LogP contribution < -0.4 is 4.74 Å². The Morgan fingerprint density at radius 1 is 1.31 bits per heavy atom. The minimum absolute atomic E-state index is 0.915. The summed E-state index contributed by atoms with van der Waals surface area (Å²) in [5.41, 5.74) is 2.02. The molecule has 0 radical (unpaired) electrons. The van der Waals surface area contributed by atoms with Crippen LogP contribution in [0.2, 0.25) is 0 Å². The van der Waals surface area contributed by atoms with Gasteiger partial charge in [0.05, 0.1) is 18.4 Å². The Labute approximate surface area is 80.8 Å². The van der Waals surface area contributed by atoms with Crippen molar-refractivity contribution in [3.05, 3.63) is 35.8 Å². The highest BCUT2D eigenvalue weighted by molar-refractivity contribution is 7.12. The molecule has 2 aromatic rings. The maximum atomic E-state index is 5.22. The summed E-state index contributed by atoms with van der Waals surface area (Å²) < 4.78 is 5.22. The van der Waals surface area contributed by atoms with Gasteiger partial charge in [-0.1, -0.05) is 6.07 Å². The predicted molar refractivity (Wildman–Crippen MR) is 54.1 cm³/mol. The summed E-state index contributed by atoms with van der Waals surface area (Å²) in [6.45, 7) is 0. The molecular formula is C10H9NOS. The van der Waals surface area contributed by atoms with E-state index in [-0.39, 0.29) is 0 Å². The molecule has 13 heavy (non-hydrogen) atoms. The van der Waals surface area contributed by atoms with Crippen LogP contribution in [-0.4, -0.2) is 12.1 Å². The first-order valence-electron chi connectivity index (χ1n) is 3.94. The predicted octanol–water partition coefficient (Wildman–Crippen LogP) is 2.82. The highest BCUT2D eigenvalue weighted by Crippen LogP contribution is 2.33. The zero-order valence-electron chi connectivity index (χ0n) is 7.23. The molecule has 0 bridgehead atoms. The molecule has 0 spiro atoms. The van der Waals surface area contributed by atoms with Crippen molar-refractivity contribution in [2.75, 3.05) is 7.11 Å². The van der Waals surface area contributed by atoms with Crippen molar-refractivity contribution < 1.29 is 4.74 Å². The molecule has 0 aliphatic heterocycles. The van der Waals surface area contributed by atoms with E-state index >= 15 is 0 Å². The van der Waals surface area contributed by atoms with E-state index in [0.29, 0.717) is 0 Å². The van der Waals surface area contributed by atoms with Gasteiger partial charge in [-0.25, -0.2) is 0 Å². The van der Waals surface area contributed by atoms with Gasteiger partial charge in [0.1, 0.15) is 0 Å². The van der Waals surface area contributed by atoms with Crippen LogP contribution in [-0.2, 0) is 0 Å². The fourth-order valence-electron chi connectivity index (χ4n) is 1.17. The summed E-state index contributed by atoms with van der Waals surface area (Å²) in [6.07, 6.45) is 1.78. The summed E-state index contributed by atoms with van der Waals surface area (Å²) >= 11 is 1.58. The van der Waals surface area contributed by atoms with E-state index in [0.717, 1.165) is 16.3 Å². The zero-order chi connectivity index (χ0) is 9.10. The van der Waals surface area contributed by atoms with Gasteiger partial charge in [-0.05, 0) is 23.6 Å². The first kappa shape index (κ1) is 8.26. The molecule has 0 aliphatic rings. The summed E-state index contributed by atoms with van der Waals surface area (Å²) in [7, 11) is 1.68. The van der Waals surface area contributed by atoms with Crippen LogP contribution in [0.5, 0.6) is 5.06 Å². The van der Waals surface area contributed by atoms with Crippen molar-refractivity contribution in [2.24, 2.45) is 0 Å². The average molecular weight is 191 g/mol. The molecule has 2 rings (SSSR count). The van der Waals surface area contributed by atoms with Crippen LogP contribution >= 0.6 is 11.3 Å². The maximum absolute atomic E-state index is 5.22. The Bertz CT molecular complexity index is 383. The summed E-state index contributed by atoms with van der Waals surface area (Å²) in [6, 6.07) is 7.87. The minimum Gasteiger partial charge on any atom is -0.487 e. The van der Waals surface area contributed by atoms with Gasteiger partial charge in [-0.2, -0.15) is 0 Å². The largest absolute Gasteiger partial charge is 0.487 e. The molecule has 0 aromatic carbocycles. The topological polar surface area (TPSA) is 22.1 Å². The van der Waals surface area contributed by atoms with Crippen molar-refractivity contribution in [3.63, 3.8) is 0 Å². The summed E-state index contributed by atoms with van der Waals surface area (Å²) in [5.74, 6) is 0. The number of methoxy groups -OCH3 is 1. The maximum Gasteiger partial charge on any atom is 0.182 e. The van der Waals surface area contributed by atoms with Gasteiger partial charge in [-0.15, -0.1) is 11.3 Å². The van der Waals surface area contributed by atoms with E-state index in [2.05, 4.69) is 4.98 Å². The lowest BCUT2D eigenvalue weighted by atomic mass is 10.2. The SMILES string of the molecule is COc1sccc1-c1ccccn1. The van der Waals surface area contributed by atoms with Gasteiger partial charge in [0, 0.05) is 6.20 Å². The lowest BCUT2D eigenvalue weighted by Crippen LogP contribution is -1.83. The Morgan fingerprint density at radius 3 is 2.92 bits per heavy atom. The van der Waals surface area contributed by atoms with E-state index in [9.17, 15) is 0 Å². The molecule has 0 saturated carbocycles. The van der Waals surface area contributed by atoms with E-state index in [1.54, 1.807) is 24.6 Å². The highest BCUT2D eigenvalue weighted by Gasteiger charge is 2.06. The van der Waals surface area contributed by atoms with Gasteiger partial charge in [0.25, 0.3) is 0 Å². The number of rotatable bonds is 2. The lowest BCUT2D eigenvalue weighted by molar-refractivity contribution is 0.428. The smallest absolute Gasteiger partial charge is 0.182 e. The Hall–Kier alpha value is -1.35. The standard InChI is InChI=1S/C10H9NOS/c1-12-10-8(5-7-13-10)9-4-2-3-6-11-9/h2-7H,1H3. The molecule has 0 aliphatic carbocycles. The van der Waals surface area contributed by atoms with Gasteiger partial charge in [0.2, 0.25) is 0 Å². The van der Waals surface area contributed by atoms with Crippen LogP contribution in [0.4, 0.5) is 0 Å². The lowest BCUT2D eigenvalue weighted by Gasteiger charge is -2.00. The first-order valence-corrected chi connectivity index (χ1v) is 4.82. The van der Waals surface area contributed by atoms with Gasteiger partial charge < -0.3 is 4.74 Å². The number of nitrogens with zero attached hydrogens (tertiary/aromatic N) is 1. The number of pyridine rings is 1. The summed E-state index contributed by atoms with van der Waals surface area (Å²) in [4.78, 5) is 4.26. The average Bonchev–Trinajstić information content (AvgIpc) is 2.67. The van der Waals surface area contributed by atoms with Crippen LogP contribution in [0.25, 0.3) is 11.3 Å². The molecular weight excluding hydrogens is 182 g/mol. The molecule has 0 atom stereocenters. The van der Waals surface area contributed by atoms with E-state index < -0.39 is 0 Å². The second-order valence-corrected chi connectivity index (χ2v) is 3.42. The molecule has 2 nitrogen and oxygen atoms in total. The number of hydrogen-bond donors (Lipinski definition) is 0. The fraction of sp³-hybridized carbons (Fsp3) is 0.100. The number of thiophene rings is 1. The fourth-order valence-corrected chi connectivity index (χ4v) is 1.89. The van der Waals surface area contributed by atoms with Gasteiger partial charge in [-0.3, -0.25) is 4.98 Å². The van der Waals surface area contributed by atoms with Crippen molar-refractivity contribution in [1.29, 1.82) is 0 Å². The van der Waals surface area contributed by atoms with Crippen LogP contribution in [0, 0.1) is 0 Å². The molecule has 0 unspecified atom stereocenters. The molecule has 66 valence electrons. The zero-order valence-corrected chi connectivity index (χ0v) is 8.04. The van der Waals surface area contributed by atoms with E-state index in [1.807, 2.05) is 29.6 Å². The molecule has 2 aromatic heterocycles. The number of aromatic nitrogens is 1. The van der Waals surface area contributed by atoms with Crippen LogP contribution in [0.1, 0.15) is 0 Å². The van der Waals surface area contributed by atoms with Crippen LogP contribution in [0.15, 0.2) is 35.8 Å². The third-order valence-corrected chi connectivity index (χ3v) is 2.63. The number of ether oxygens (including phenoxy) is 1. The molecule has 0 N–H and O–H groups in total. The van der Waals surface area contributed by atoms with Crippen molar-refractivity contribution in [2.45, 2.75) is 0 Å².